The van der Waals surface area contributed by atoms with Crippen LogP contribution in [0.2, 0.25) is 0 Å². The zero-order chi connectivity index (χ0) is 12.2. The molecule has 0 saturated heterocycles. The summed E-state index contributed by atoms with van der Waals surface area (Å²) < 4.78 is 5.51. The summed E-state index contributed by atoms with van der Waals surface area (Å²) in [5.41, 5.74) is 6.71. The smallest absolute Gasteiger partial charge is 0.213 e. The van der Waals surface area contributed by atoms with Crippen LogP contribution in [0.25, 0.3) is 0 Å². The molecule has 1 aliphatic carbocycles. The molecule has 0 bridgehead atoms. The molecule has 3 nitrogen and oxygen atoms in total. The van der Waals surface area contributed by atoms with Gasteiger partial charge in [-0.1, -0.05) is 20.8 Å². The highest BCUT2D eigenvalue weighted by Gasteiger charge is 2.45. The quantitative estimate of drug-likeness (QED) is 0.744. The molecular formula is C13H24N2O. The van der Waals surface area contributed by atoms with Gasteiger partial charge in [0.15, 0.2) is 0 Å². The monoisotopic (exact) mass is 224 g/mol. The van der Waals surface area contributed by atoms with E-state index >= 15 is 0 Å². The Bertz CT molecular complexity index is 286. The van der Waals surface area contributed by atoms with Gasteiger partial charge >= 0.3 is 0 Å². The first kappa shape index (κ1) is 13.1. The summed E-state index contributed by atoms with van der Waals surface area (Å²) in [6.45, 7) is 10.2. The van der Waals surface area contributed by atoms with Crippen molar-refractivity contribution in [3.8, 4) is 0 Å². The Labute approximate surface area is 98.8 Å². The van der Waals surface area contributed by atoms with E-state index in [1.54, 1.807) is 6.20 Å². The Balaban J connectivity index is 0.000000280. The Hall–Kier alpha value is -0.990. The number of aliphatic imine (C=N–C) groups is 1. The Morgan fingerprint density at radius 2 is 2.00 bits per heavy atom. The van der Waals surface area contributed by atoms with Crippen LogP contribution in [0.4, 0.5) is 0 Å². The average Bonchev–Trinajstić information content (AvgIpc) is 2.97. The fourth-order valence-corrected chi connectivity index (χ4v) is 1.34. The van der Waals surface area contributed by atoms with E-state index < -0.39 is 0 Å². The molecule has 1 spiro atoms. The highest BCUT2D eigenvalue weighted by atomic mass is 16.5. The first-order chi connectivity index (χ1) is 7.49. The fraction of sp³-hybridized carbons (Fsp3) is 0.769. The number of nitrogens with zero attached hydrogens (tertiary/aromatic N) is 1. The van der Waals surface area contributed by atoms with Gasteiger partial charge in [0.2, 0.25) is 5.90 Å². The van der Waals surface area contributed by atoms with Gasteiger partial charge in [-0.3, -0.25) is 4.99 Å². The molecule has 2 rings (SSSR count). The van der Waals surface area contributed by atoms with E-state index in [9.17, 15) is 0 Å². The molecule has 2 N–H and O–H groups in total. The van der Waals surface area contributed by atoms with Gasteiger partial charge in [0.1, 0.15) is 0 Å². The largest absolute Gasteiger partial charge is 0.477 e. The molecular weight excluding hydrogens is 200 g/mol. The minimum Gasteiger partial charge on any atom is -0.477 e. The van der Waals surface area contributed by atoms with Crippen molar-refractivity contribution >= 4 is 5.90 Å². The highest BCUT2D eigenvalue weighted by molar-refractivity contribution is 5.93. The van der Waals surface area contributed by atoms with Crippen LogP contribution in [-0.2, 0) is 4.74 Å². The van der Waals surface area contributed by atoms with E-state index in [1.165, 1.54) is 12.8 Å². The molecule has 3 heteroatoms. The summed E-state index contributed by atoms with van der Waals surface area (Å²) in [4.78, 5) is 4.36. The number of rotatable bonds is 1. The molecule has 16 heavy (non-hydrogen) atoms. The molecule has 92 valence electrons. The molecule has 0 radical (unpaired) electrons. The van der Waals surface area contributed by atoms with Crippen LogP contribution < -0.4 is 5.73 Å². The normalized spacial score (nSPS) is 22.1. The Morgan fingerprint density at radius 1 is 1.44 bits per heavy atom. The molecule has 0 aromatic carbocycles. The highest BCUT2D eigenvalue weighted by Crippen LogP contribution is 2.47. The third-order valence-corrected chi connectivity index (χ3v) is 2.62. The van der Waals surface area contributed by atoms with Gasteiger partial charge in [-0.2, -0.15) is 0 Å². The lowest BCUT2D eigenvalue weighted by molar-refractivity contribution is 0.206. The Kier molecular flexibility index (Phi) is 4.39. The van der Waals surface area contributed by atoms with E-state index in [4.69, 9.17) is 10.5 Å². The molecule has 0 amide bonds. The minimum atomic E-state index is 0.415. The van der Waals surface area contributed by atoms with E-state index in [-0.39, 0.29) is 0 Å². The van der Waals surface area contributed by atoms with Crippen molar-refractivity contribution in [3.63, 3.8) is 0 Å². The second kappa shape index (κ2) is 5.37. The van der Waals surface area contributed by atoms with E-state index in [0.717, 1.165) is 30.5 Å². The lowest BCUT2D eigenvalue weighted by Crippen LogP contribution is -2.25. The number of nitrogens with two attached hydrogens (primary N) is 1. The van der Waals surface area contributed by atoms with Gasteiger partial charge in [0.25, 0.3) is 0 Å². The SMILES string of the molecule is C/C(=C/N)C1=NCC2(CC2)CO1.CC(C)C. The number of ether oxygens (including phenoxy) is 1. The third kappa shape index (κ3) is 3.87. The van der Waals surface area contributed by atoms with E-state index in [2.05, 4.69) is 25.8 Å². The van der Waals surface area contributed by atoms with E-state index in [0.29, 0.717) is 5.41 Å². The molecule has 0 aromatic rings. The summed E-state index contributed by atoms with van der Waals surface area (Å²) >= 11 is 0. The molecule has 0 unspecified atom stereocenters. The van der Waals surface area contributed by atoms with Crippen molar-refractivity contribution in [2.75, 3.05) is 13.2 Å². The van der Waals surface area contributed by atoms with E-state index in [1.807, 2.05) is 6.92 Å². The van der Waals surface area contributed by atoms with Gasteiger partial charge in [-0.05, 0) is 25.7 Å². The maximum absolute atomic E-state index is 5.51. The molecule has 1 fully saturated rings. The van der Waals surface area contributed by atoms with Crippen molar-refractivity contribution in [1.29, 1.82) is 0 Å². The zero-order valence-electron chi connectivity index (χ0n) is 10.9. The molecule has 1 aliphatic heterocycles. The first-order valence-electron chi connectivity index (χ1n) is 6.05. The number of hydrogen-bond donors (Lipinski definition) is 1. The lowest BCUT2D eigenvalue weighted by atomic mass is 10.1. The first-order valence-corrected chi connectivity index (χ1v) is 6.05. The van der Waals surface area contributed by atoms with Crippen LogP contribution in [0.1, 0.15) is 40.5 Å². The summed E-state index contributed by atoms with van der Waals surface area (Å²) in [5.74, 6) is 1.56. The molecule has 2 aliphatic rings. The van der Waals surface area contributed by atoms with Gasteiger partial charge in [-0.15, -0.1) is 0 Å². The van der Waals surface area contributed by atoms with Gasteiger partial charge < -0.3 is 10.5 Å². The third-order valence-electron chi connectivity index (χ3n) is 2.62. The molecule has 1 saturated carbocycles. The predicted octanol–water partition coefficient (Wildman–Crippen LogP) is 2.72. The van der Waals surface area contributed by atoms with Crippen LogP contribution in [0.5, 0.6) is 0 Å². The minimum absolute atomic E-state index is 0.415. The van der Waals surface area contributed by atoms with Crippen LogP contribution in [0.15, 0.2) is 16.8 Å². The summed E-state index contributed by atoms with van der Waals surface area (Å²) in [7, 11) is 0. The fourth-order valence-electron chi connectivity index (χ4n) is 1.34. The maximum Gasteiger partial charge on any atom is 0.213 e. The van der Waals surface area contributed by atoms with Crippen molar-refractivity contribution in [2.45, 2.75) is 40.5 Å². The Morgan fingerprint density at radius 3 is 2.31 bits per heavy atom. The number of hydrogen-bond acceptors (Lipinski definition) is 3. The maximum atomic E-state index is 5.51. The average molecular weight is 224 g/mol. The molecule has 1 heterocycles. The van der Waals surface area contributed by atoms with Crippen molar-refractivity contribution in [2.24, 2.45) is 22.1 Å². The second-order valence-electron chi connectivity index (χ2n) is 5.49. The molecule has 0 aromatic heterocycles. The van der Waals surface area contributed by atoms with Crippen molar-refractivity contribution in [3.05, 3.63) is 11.8 Å². The van der Waals surface area contributed by atoms with Crippen molar-refractivity contribution < 1.29 is 4.74 Å². The van der Waals surface area contributed by atoms with Gasteiger partial charge in [0, 0.05) is 17.2 Å². The van der Waals surface area contributed by atoms with Crippen LogP contribution in [0, 0.1) is 11.3 Å². The van der Waals surface area contributed by atoms with Crippen LogP contribution in [0.3, 0.4) is 0 Å². The lowest BCUT2D eigenvalue weighted by Gasteiger charge is -2.21. The molecule has 0 atom stereocenters. The second-order valence-corrected chi connectivity index (χ2v) is 5.49. The topological polar surface area (TPSA) is 47.6 Å². The standard InChI is InChI=1S/C9H14N2O.C4H10/c1-7(4-10)8-11-5-9(2-3-9)6-12-8;1-4(2)3/h4H,2-3,5-6,10H2,1H3;4H,1-3H3/b7-4-;. The van der Waals surface area contributed by atoms with Crippen LogP contribution in [-0.4, -0.2) is 19.0 Å². The zero-order valence-corrected chi connectivity index (χ0v) is 10.9. The summed E-state index contributed by atoms with van der Waals surface area (Å²) in [6.07, 6.45) is 4.09. The summed E-state index contributed by atoms with van der Waals surface area (Å²) in [5, 5.41) is 0. The van der Waals surface area contributed by atoms with Crippen LogP contribution >= 0.6 is 0 Å². The van der Waals surface area contributed by atoms with Gasteiger partial charge in [0.05, 0.1) is 13.2 Å². The predicted molar refractivity (Wildman–Crippen MR) is 68.4 cm³/mol. The van der Waals surface area contributed by atoms with Gasteiger partial charge in [-0.25, -0.2) is 0 Å². The van der Waals surface area contributed by atoms with Crippen molar-refractivity contribution in [1.82, 2.24) is 0 Å². The summed E-state index contributed by atoms with van der Waals surface area (Å²) in [6, 6.07) is 0.